The first kappa shape index (κ1) is 12.5. The summed E-state index contributed by atoms with van der Waals surface area (Å²) >= 11 is 37.8. The molecule has 1 saturated carbocycles. The summed E-state index contributed by atoms with van der Waals surface area (Å²) < 4.78 is 3.84. The van der Waals surface area contributed by atoms with Crippen molar-refractivity contribution >= 4 is 69.6 Å². The van der Waals surface area contributed by atoms with Gasteiger partial charge < -0.3 is 4.74 Å². The van der Waals surface area contributed by atoms with Crippen molar-refractivity contribution in [3.63, 3.8) is 0 Å². The van der Waals surface area contributed by atoms with Crippen molar-refractivity contribution in [2.45, 2.75) is 26.6 Å². The summed E-state index contributed by atoms with van der Waals surface area (Å²) in [5.41, 5.74) is 0. The Balaban J connectivity index is 2.18. The molecule has 0 aromatic rings. The van der Waals surface area contributed by atoms with Crippen LogP contribution in [0.25, 0.3) is 0 Å². The lowest BCUT2D eigenvalue weighted by atomic mass is 9.89. The van der Waals surface area contributed by atoms with Crippen LogP contribution < -0.4 is 0 Å². The minimum atomic E-state index is -1.41. The molecule has 3 rings (SSSR count). The van der Waals surface area contributed by atoms with Crippen molar-refractivity contribution < 1.29 is 4.74 Å². The fourth-order valence-electron chi connectivity index (χ4n) is 2.63. The van der Waals surface area contributed by atoms with Crippen molar-refractivity contribution in [3.8, 4) is 0 Å². The van der Waals surface area contributed by atoms with Gasteiger partial charge in [-0.15, -0.1) is 23.2 Å². The highest BCUT2D eigenvalue weighted by atomic mass is 35.5. The summed E-state index contributed by atoms with van der Waals surface area (Å²) in [5.74, 6) is -0.100. The standard InChI is InChI=1S/C9H6Cl6O/c10-5-6(11)8(13)3(4-2-16-4)1-7(5,12)9(8,14)15/h3-4H,1-2H2/t3-,4+,7+,8-/m1/s1. The number of rotatable bonds is 1. The Labute approximate surface area is 123 Å². The second-order valence-corrected chi connectivity index (χ2v) is 7.72. The van der Waals surface area contributed by atoms with Gasteiger partial charge in [-0.2, -0.15) is 0 Å². The summed E-state index contributed by atoms with van der Waals surface area (Å²) in [5, 5.41) is 0.510. The van der Waals surface area contributed by atoms with Crippen molar-refractivity contribution in [2.24, 2.45) is 5.92 Å². The van der Waals surface area contributed by atoms with Gasteiger partial charge >= 0.3 is 0 Å². The zero-order valence-electron chi connectivity index (χ0n) is 7.74. The number of alkyl halides is 4. The molecule has 0 aromatic heterocycles. The van der Waals surface area contributed by atoms with Crippen molar-refractivity contribution in [1.29, 1.82) is 0 Å². The van der Waals surface area contributed by atoms with Gasteiger partial charge in [0.05, 0.1) is 22.8 Å². The molecule has 90 valence electrons. The van der Waals surface area contributed by atoms with Crippen LogP contribution in [0.5, 0.6) is 0 Å². The van der Waals surface area contributed by atoms with Gasteiger partial charge in [0.2, 0.25) is 0 Å². The molecular weight excluding hydrogens is 337 g/mol. The van der Waals surface area contributed by atoms with Gasteiger partial charge in [0.15, 0.2) is 4.33 Å². The Morgan fingerprint density at radius 2 is 1.62 bits per heavy atom. The van der Waals surface area contributed by atoms with Crippen molar-refractivity contribution in [1.82, 2.24) is 0 Å². The molecule has 4 atom stereocenters. The summed E-state index contributed by atoms with van der Waals surface area (Å²) in [6.07, 6.45) is 0.499. The van der Waals surface area contributed by atoms with Crippen LogP contribution in [-0.2, 0) is 4.74 Å². The number of ether oxygens (including phenoxy) is 1. The molecule has 2 bridgehead atoms. The molecule has 0 spiro atoms. The maximum Gasteiger partial charge on any atom is 0.166 e. The van der Waals surface area contributed by atoms with E-state index < -0.39 is 14.1 Å². The summed E-state index contributed by atoms with van der Waals surface area (Å²) in [4.78, 5) is -2.25. The van der Waals surface area contributed by atoms with E-state index in [4.69, 9.17) is 74.3 Å². The van der Waals surface area contributed by atoms with E-state index in [-0.39, 0.29) is 22.1 Å². The Bertz CT molecular complexity index is 403. The maximum absolute atomic E-state index is 6.52. The Morgan fingerprint density at radius 1 is 1.06 bits per heavy atom. The van der Waals surface area contributed by atoms with Gasteiger partial charge in [0.1, 0.15) is 9.75 Å². The second-order valence-electron chi connectivity index (χ2n) is 4.40. The molecule has 0 amide bonds. The van der Waals surface area contributed by atoms with Crippen LogP contribution in [0.2, 0.25) is 0 Å². The monoisotopic (exact) mass is 340 g/mol. The predicted molar refractivity (Wildman–Crippen MR) is 68.2 cm³/mol. The minimum absolute atomic E-state index is 0.0218. The van der Waals surface area contributed by atoms with Gasteiger partial charge in [-0.3, -0.25) is 0 Å². The SMILES string of the molecule is ClC1=C(Cl)[C@]2(Cl)[C@@H]([C@@H]3CO3)C[C@@]1(Cl)C2(Cl)Cl. The van der Waals surface area contributed by atoms with E-state index in [0.717, 1.165) is 0 Å². The first-order valence-electron chi connectivity index (χ1n) is 4.70. The highest BCUT2D eigenvalue weighted by molar-refractivity contribution is 6.65. The van der Waals surface area contributed by atoms with E-state index in [9.17, 15) is 0 Å². The van der Waals surface area contributed by atoms with Crippen LogP contribution in [0, 0.1) is 5.92 Å². The fraction of sp³-hybridized carbons (Fsp3) is 0.778. The first-order chi connectivity index (χ1) is 7.27. The fourth-order valence-corrected chi connectivity index (χ4v) is 5.48. The van der Waals surface area contributed by atoms with Crippen LogP contribution in [-0.4, -0.2) is 26.8 Å². The molecular formula is C9H6Cl6O. The Kier molecular flexibility index (Phi) is 2.58. The number of fused-ring (bicyclic) bond motifs is 2. The van der Waals surface area contributed by atoms with E-state index in [2.05, 4.69) is 0 Å². The topological polar surface area (TPSA) is 12.5 Å². The van der Waals surface area contributed by atoms with Crippen LogP contribution in [0.15, 0.2) is 10.1 Å². The van der Waals surface area contributed by atoms with E-state index in [1.165, 1.54) is 0 Å². The number of allylic oxidation sites excluding steroid dienone is 2. The molecule has 3 aliphatic rings. The van der Waals surface area contributed by atoms with E-state index in [0.29, 0.717) is 13.0 Å². The van der Waals surface area contributed by atoms with Crippen molar-refractivity contribution in [2.75, 3.05) is 6.61 Å². The molecule has 0 radical (unpaired) electrons. The van der Waals surface area contributed by atoms with Gasteiger partial charge in [-0.1, -0.05) is 46.4 Å². The van der Waals surface area contributed by atoms with Gasteiger partial charge in [-0.05, 0) is 6.42 Å². The molecule has 0 aromatic carbocycles. The van der Waals surface area contributed by atoms with E-state index >= 15 is 0 Å². The molecule has 1 nitrogen and oxygen atoms in total. The summed E-state index contributed by atoms with van der Waals surface area (Å²) in [6, 6.07) is 0. The zero-order valence-corrected chi connectivity index (χ0v) is 12.3. The molecule has 2 fully saturated rings. The zero-order chi connectivity index (χ0) is 11.9. The largest absolute Gasteiger partial charge is 0.373 e. The highest BCUT2D eigenvalue weighted by Gasteiger charge is 2.80. The number of halogens is 6. The van der Waals surface area contributed by atoms with Crippen LogP contribution in [0.3, 0.4) is 0 Å². The molecule has 0 N–H and O–H groups in total. The van der Waals surface area contributed by atoms with Crippen LogP contribution in [0.1, 0.15) is 6.42 Å². The average molecular weight is 343 g/mol. The molecule has 2 aliphatic carbocycles. The third-order valence-electron chi connectivity index (χ3n) is 3.63. The second kappa shape index (κ2) is 3.30. The summed E-state index contributed by atoms with van der Waals surface area (Å²) in [6.45, 7) is 0.637. The number of hydrogen-bond donors (Lipinski definition) is 0. The average Bonchev–Trinajstić information content (AvgIpc) is 2.99. The van der Waals surface area contributed by atoms with Crippen LogP contribution >= 0.6 is 69.6 Å². The molecule has 7 heteroatoms. The van der Waals surface area contributed by atoms with Gasteiger partial charge in [0, 0.05) is 5.92 Å². The predicted octanol–water partition coefficient (Wildman–Crippen LogP) is 4.24. The third kappa shape index (κ3) is 1.13. The van der Waals surface area contributed by atoms with E-state index in [1.54, 1.807) is 0 Å². The Hall–Kier alpha value is 1.44. The smallest absolute Gasteiger partial charge is 0.166 e. The lowest BCUT2D eigenvalue weighted by Gasteiger charge is -2.33. The molecule has 1 aliphatic heterocycles. The number of hydrogen-bond acceptors (Lipinski definition) is 1. The maximum atomic E-state index is 6.52. The van der Waals surface area contributed by atoms with Crippen LogP contribution in [0.4, 0.5) is 0 Å². The van der Waals surface area contributed by atoms with Gasteiger partial charge in [0.25, 0.3) is 0 Å². The molecule has 16 heavy (non-hydrogen) atoms. The van der Waals surface area contributed by atoms with Crippen molar-refractivity contribution in [3.05, 3.63) is 10.1 Å². The van der Waals surface area contributed by atoms with E-state index in [1.807, 2.05) is 0 Å². The quantitative estimate of drug-likeness (QED) is 0.513. The normalized spacial score (nSPS) is 53.6. The number of epoxide rings is 1. The lowest BCUT2D eigenvalue weighted by Crippen LogP contribution is -2.45. The minimum Gasteiger partial charge on any atom is -0.373 e. The molecule has 0 unspecified atom stereocenters. The van der Waals surface area contributed by atoms with Gasteiger partial charge in [-0.25, -0.2) is 0 Å². The summed E-state index contributed by atoms with van der Waals surface area (Å²) in [7, 11) is 0. The Morgan fingerprint density at radius 3 is 2.00 bits per heavy atom. The highest BCUT2D eigenvalue weighted by Crippen LogP contribution is 2.75. The first-order valence-corrected chi connectivity index (χ1v) is 6.97. The lowest BCUT2D eigenvalue weighted by molar-refractivity contribution is 0.306. The molecule has 1 heterocycles. The molecule has 1 saturated heterocycles. The third-order valence-corrected chi connectivity index (χ3v) is 7.93.